The fourth-order valence-corrected chi connectivity index (χ4v) is 6.39. The predicted molar refractivity (Wildman–Crippen MR) is 162 cm³/mol. The number of fused-ring (bicyclic) bond motifs is 1. The van der Waals surface area contributed by atoms with E-state index < -0.39 is 35.3 Å². The molecule has 0 aliphatic carbocycles. The van der Waals surface area contributed by atoms with Gasteiger partial charge in [-0.3, -0.25) is 14.5 Å². The molecule has 2 atom stereocenters. The number of oxime groups is 1. The van der Waals surface area contributed by atoms with Gasteiger partial charge < -0.3 is 20.6 Å². The molecule has 0 saturated carbocycles. The van der Waals surface area contributed by atoms with Gasteiger partial charge in [0.1, 0.15) is 28.9 Å². The molecule has 0 bridgehead atoms. The van der Waals surface area contributed by atoms with Crippen molar-refractivity contribution in [2.24, 2.45) is 5.16 Å². The smallest absolute Gasteiger partial charge is 0.356 e. The Morgan fingerprint density at radius 1 is 1.14 bits per heavy atom. The maximum absolute atomic E-state index is 13.8. The summed E-state index contributed by atoms with van der Waals surface area (Å²) in [5, 5.41) is 8.03. The van der Waals surface area contributed by atoms with Gasteiger partial charge >= 0.3 is 5.97 Å². The van der Waals surface area contributed by atoms with E-state index in [0.29, 0.717) is 11.3 Å². The van der Waals surface area contributed by atoms with Gasteiger partial charge in [0.05, 0.1) is 0 Å². The molecule has 3 N–H and O–H groups in total. The highest BCUT2D eigenvalue weighted by atomic mass is 32.2. The van der Waals surface area contributed by atoms with E-state index in [-0.39, 0.29) is 28.3 Å². The second-order valence-corrected chi connectivity index (χ2v) is 11.7. The lowest BCUT2D eigenvalue weighted by atomic mass is 10.0. The number of rotatable bonds is 10. The summed E-state index contributed by atoms with van der Waals surface area (Å²) in [5.74, 6) is -1.35. The molecular formula is C30H29N5O5S2. The number of hydrogen-bond donors (Lipinski definition) is 2. The molecular weight excluding hydrogens is 574 g/mol. The molecule has 42 heavy (non-hydrogen) atoms. The Balaban J connectivity index is 1.37. The fourth-order valence-electron chi connectivity index (χ4n) is 4.50. The zero-order valence-electron chi connectivity index (χ0n) is 22.9. The molecule has 12 heteroatoms. The summed E-state index contributed by atoms with van der Waals surface area (Å²) < 4.78 is 6.07. The molecule has 5 rings (SSSR count). The first-order valence-corrected chi connectivity index (χ1v) is 15.1. The van der Waals surface area contributed by atoms with Crippen LogP contribution in [0.2, 0.25) is 0 Å². The van der Waals surface area contributed by atoms with Crippen LogP contribution in [0.3, 0.4) is 0 Å². The minimum absolute atomic E-state index is 0.0979. The molecule has 2 aromatic carbocycles. The molecule has 216 valence electrons. The lowest BCUT2D eigenvalue weighted by Gasteiger charge is -2.49. The van der Waals surface area contributed by atoms with Gasteiger partial charge in [0.25, 0.3) is 11.8 Å². The second-order valence-electron chi connectivity index (χ2n) is 9.71. The van der Waals surface area contributed by atoms with Crippen molar-refractivity contribution in [2.45, 2.75) is 37.5 Å². The molecule has 2 aliphatic heterocycles. The van der Waals surface area contributed by atoms with Gasteiger partial charge in [-0.15, -0.1) is 23.1 Å². The van der Waals surface area contributed by atoms with Crippen molar-refractivity contribution in [3.63, 3.8) is 0 Å². The number of anilines is 1. The van der Waals surface area contributed by atoms with Gasteiger partial charge in [0.15, 0.2) is 16.9 Å². The summed E-state index contributed by atoms with van der Waals surface area (Å²) in [4.78, 5) is 51.3. The number of carbonyl (C=O) groups is 3. The van der Waals surface area contributed by atoms with E-state index in [0.717, 1.165) is 22.5 Å². The van der Waals surface area contributed by atoms with Crippen LogP contribution in [0.15, 0.2) is 95.1 Å². The normalized spacial score (nSPS) is 18.4. The third-order valence-electron chi connectivity index (χ3n) is 6.49. The van der Waals surface area contributed by atoms with Crippen molar-refractivity contribution >= 4 is 51.7 Å². The van der Waals surface area contributed by atoms with Gasteiger partial charge in [0.2, 0.25) is 0 Å². The van der Waals surface area contributed by atoms with Crippen LogP contribution in [0, 0.1) is 0 Å². The van der Waals surface area contributed by atoms with E-state index in [9.17, 15) is 14.4 Å². The Labute approximate surface area is 251 Å². The number of thioether (sulfide) groups is 1. The molecule has 2 aliphatic rings. The highest BCUT2D eigenvalue weighted by molar-refractivity contribution is 8.00. The summed E-state index contributed by atoms with van der Waals surface area (Å²) in [7, 11) is 0. The fraction of sp³-hybridized carbons (Fsp3) is 0.233. The number of nitrogens with one attached hydrogen (secondary N) is 1. The third kappa shape index (κ3) is 5.95. The number of thiazole rings is 1. The Bertz CT molecular complexity index is 1510. The van der Waals surface area contributed by atoms with E-state index in [1.807, 2.05) is 60.7 Å². The van der Waals surface area contributed by atoms with E-state index in [2.05, 4.69) is 22.0 Å². The van der Waals surface area contributed by atoms with Crippen molar-refractivity contribution in [2.75, 3.05) is 11.5 Å². The number of esters is 1. The topological polar surface area (TPSA) is 136 Å². The third-order valence-corrected chi connectivity index (χ3v) is 8.46. The molecule has 2 amide bonds. The highest BCUT2D eigenvalue weighted by Crippen LogP contribution is 2.42. The van der Waals surface area contributed by atoms with E-state index in [1.165, 1.54) is 16.7 Å². The second kappa shape index (κ2) is 12.6. The molecule has 3 aromatic rings. The van der Waals surface area contributed by atoms with E-state index >= 15 is 0 Å². The van der Waals surface area contributed by atoms with Crippen LogP contribution in [0.4, 0.5) is 5.13 Å². The van der Waals surface area contributed by atoms with Gasteiger partial charge in [-0.2, -0.15) is 0 Å². The quantitative estimate of drug-likeness (QED) is 0.154. The first-order chi connectivity index (χ1) is 20.3. The van der Waals surface area contributed by atoms with Gasteiger partial charge in [-0.25, -0.2) is 9.78 Å². The lowest BCUT2D eigenvalue weighted by molar-refractivity contribution is -0.154. The molecule has 0 radical (unpaired) electrons. The summed E-state index contributed by atoms with van der Waals surface area (Å²) in [6, 6.07) is 17.9. The van der Waals surface area contributed by atoms with E-state index in [1.54, 1.807) is 25.3 Å². The van der Waals surface area contributed by atoms with Crippen LogP contribution < -0.4 is 11.1 Å². The standard InChI is InChI=1S/C30H29N5O5S2/c1-4-18-15-41-28-23(33-26(36)22(34-40-17(2)3)21-16-42-30(31)32-21)27(37)35(28)24(18)29(38)39-25(19-11-7-5-8-12-19)20-13-9-6-10-14-20/h4-14,16-17,23,25,28H,1,15H2,2-3H3,(H2,31,32)(H,33,36)/t23?,28-/m1/s1. The molecule has 1 fully saturated rings. The average molecular weight is 604 g/mol. The van der Waals surface area contributed by atoms with Gasteiger partial charge in [-0.1, -0.05) is 78.5 Å². The zero-order valence-corrected chi connectivity index (χ0v) is 24.6. The van der Waals surface area contributed by atoms with Crippen molar-refractivity contribution in [1.82, 2.24) is 15.2 Å². The Kier molecular flexibility index (Phi) is 8.74. The number of nitrogen functional groups attached to an aromatic ring is 1. The van der Waals surface area contributed by atoms with Crippen LogP contribution in [0.25, 0.3) is 0 Å². The van der Waals surface area contributed by atoms with Crippen molar-refractivity contribution in [3.05, 3.63) is 107 Å². The number of amides is 2. The van der Waals surface area contributed by atoms with Crippen LogP contribution in [0.1, 0.15) is 36.8 Å². The van der Waals surface area contributed by atoms with E-state index in [4.69, 9.17) is 15.3 Å². The first kappa shape index (κ1) is 29.1. The first-order valence-electron chi connectivity index (χ1n) is 13.2. The number of hydrogen-bond acceptors (Lipinski definition) is 10. The number of nitrogens with zero attached hydrogens (tertiary/aromatic N) is 3. The van der Waals surface area contributed by atoms with Gasteiger partial charge in [0, 0.05) is 11.1 Å². The SMILES string of the molecule is C=CC1=C(C(=O)OC(c2ccccc2)c2ccccc2)N2C(=O)C(NC(=O)C(=NOC(C)C)c3csc(N)n3)[C@H]2SC1. The molecule has 1 aromatic heterocycles. The number of aromatic nitrogens is 1. The summed E-state index contributed by atoms with van der Waals surface area (Å²) >= 11 is 2.56. The minimum Gasteiger partial charge on any atom is -0.448 e. The average Bonchev–Trinajstić information content (AvgIpc) is 3.43. The van der Waals surface area contributed by atoms with Gasteiger partial charge in [-0.05, 0) is 30.5 Å². The predicted octanol–water partition coefficient (Wildman–Crippen LogP) is 4.03. The molecule has 10 nitrogen and oxygen atoms in total. The van der Waals surface area contributed by atoms with Crippen LogP contribution in [-0.2, 0) is 24.0 Å². The molecule has 1 unspecified atom stereocenters. The van der Waals surface area contributed by atoms with Crippen molar-refractivity contribution in [3.8, 4) is 0 Å². The molecule has 0 spiro atoms. The number of allylic oxidation sites excluding steroid dienone is 1. The minimum atomic E-state index is -0.907. The molecule has 1 saturated heterocycles. The number of benzene rings is 2. The van der Waals surface area contributed by atoms with Crippen molar-refractivity contribution < 1.29 is 24.0 Å². The maximum Gasteiger partial charge on any atom is 0.356 e. The lowest BCUT2D eigenvalue weighted by Crippen LogP contribution is -2.71. The Morgan fingerprint density at radius 2 is 1.79 bits per heavy atom. The number of β-lactam (4-membered cyclic amide) rings is 1. The largest absolute Gasteiger partial charge is 0.448 e. The number of ether oxygens (including phenoxy) is 1. The number of nitrogens with two attached hydrogens (primary N) is 1. The Morgan fingerprint density at radius 3 is 2.33 bits per heavy atom. The summed E-state index contributed by atoms with van der Waals surface area (Å²) in [6.07, 6.45) is 0.577. The maximum atomic E-state index is 13.8. The van der Waals surface area contributed by atoms with Crippen LogP contribution in [0.5, 0.6) is 0 Å². The zero-order chi connectivity index (χ0) is 29.8. The Hall–Kier alpha value is -4.42. The summed E-state index contributed by atoms with van der Waals surface area (Å²) in [5.41, 5.74) is 8.17. The monoisotopic (exact) mass is 603 g/mol. The number of carbonyl (C=O) groups excluding carboxylic acids is 3. The molecule has 3 heterocycles. The van der Waals surface area contributed by atoms with Crippen molar-refractivity contribution in [1.29, 1.82) is 0 Å². The highest BCUT2D eigenvalue weighted by Gasteiger charge is 2.54. The van der Waals surface area contributed by atoms with Crippen LogP contribution >= 0.6 is 23.1 Å². The van der Waals surface area contributed by atoms with Crippen LogP contribution in [-0.4, -0.2) is 56.7 Å². The summed E-state index contributed by atoms with van der Waals surface area (Å²) in [6.45, 7) is 7.39.